The number of aliphatic carboxylic acids is 1. The molecule has 1 heterocycles. The largest absolute Gasteiger partial charge is 0.481 e. The number of carboxylic acids is 1. The Labute approximate surface area is 155 Å². The first kappa shape index (κ1) is 26.4. The fraction of sp³-hybridized carbons (Fsp3) is 0.846. The SMILES string of the molecule is Br.CC(CCBr)CC(=O)O.CC1CCOC(=O)C1.ClCCl. The molecule has 4 nitrogen and oxygen atoms in total. The highest BCUT2D eigenvalue weighted by molar-refractivity contribution is 9.09. The molecule has 0 aromatic rings. The Bertz CT molecular complexity index is 269. The molecule has 2 unspecified atom stereocenters. The van der Waals surface area contributed by atoms with E-state index in [0.717, 1.165) is 18.2 Å². The molecule has 1 rings (SSSR count). The number of cyclic esters (lactones) is 1. The van der Waals surface area contributed by atoms with Crippen molar-refractivity contribution in [3.63, 3.8) is 0 Å². The van der Waals surface area contributed by atoms with Gasteiger partial charge in [0, 0.05) is 18.2 Å². The minimum atomic E-state index is -0.705. The van der Waals surface area contributed by atoms with Gasteiger partial charge >= 0.3 is 11.9 Å². The number of carbonyl (C=O) groups excluding carboxylic acids is 1. The molecule has 1 saturated heterocycles. The highest BCUT2D eigenvalue weighted by atomic mass is 79.9. The van der Waals surface area contributed by atoms with Crippen LogP contribution in [0.15, 0.2) is 0 Å². The van der Waals surface area contributed by atoms with Crippen LogP contribution in [-0.4, -0.2) is 34.3 Å². The molecule has 0 aromatic heterocycles. The first-order valence-electron chi connectivity index (χ1n) is 6.42. The Morgan fingerprint density at radius 2 is 2.05 bits per heavy atom. The summed E-state index contributed by atoms with van der Waals surface area (Å²) in [5, 5.41) is 9.38. The standard InChI is InChI=1S/C6H11BrO2.C6H10O2.CH2Cl2.BrH/c1-5(2-3-7)4-6(8)9;1-5-2-3-8-6(7)4-5;2-1-3;/h5H,2-4H2,1H3,(H,8,9);5H,2-4H2,1H3;1H2;1H. The third-order valence-corrected chi connectivity index (χ3v) is 2.97. The number of ether oxygens (including phenoxy) is 1. The molecule has 8 heteroatoms. The normalized spacial score (nSPS) is 17.8. The minimum absolute atomic E-state index is 0. The van der Waals surface area contributed by atoms with Crippen molar-refractivity contribution >= 4 is 68.1 Å². The molecule has 1 aliphatic heterocycles. The van der Waals surface area contributed by atoms with E-state index in [1.165, 1.54) is 0 Å². The summed E-state index contributed by atoms with van der Waals surface area (Å²) in [6.07, 6.45) is 2.86. The lowest BCUT2D eigenvalue weighted by Gasteiger charge is -2.16. The maximum atomic E-state index is 10.5. The quantitative estimate of drug-likeness (QED) is 0.467. The van der Waals surface area contributed by atoms with E-state index in [1.54, 1.807) is 0 Å². The average molecular weight is 475 g/mol. The Kier molecular flexibility index (Phi) is 23.3. The number of esters is 1. The maximum Gasteiger partial charge on any atom is 0.306 e. The Morgan fingerprint density at radius 1 is 1.52 bits per heavy atom. The summed E-state index contributed by atoms with van der Waals surface area (Å²) in [7, 11) is 0. The molecule has 0 saturated carbocycles. The van der Waals surface area contributed by atoms with Crippen molar-refractivity contribution in [2.45, 2.75) is 39.5 Å². The van der Waals surface area contributed by atoms with E-state index < -0.39 is 5.97 Å². The van der Waals surface area contributed by atoms with Crippen LogP contribution >= 0.6 is 56.1 Å². The summed E-state index contributed by atoms with van der Waals surface area (Å²) < 4.78 is 4.71. The summed E-state index contributed by atoms with van der Waals surface area (Å²) >= 11 is 12.8. The summed E-state index contributed by atoms with van der Waals surface area (Å²) in [5.74, 6) is 0.0883. The van der Waals surface area contributed by atoms with Crippen molar-refractivity contribution in [3.8, 4) is 0 Å². The lowest BCUT2D eigenvalue weighted by molar-refractivity contribution is -0.148. The van der Waals surface area contributed by atoms with Crippen LogP contribution in [0.2, 0.25) is 0 Å². The van der Waals surface area contributed by atoms with Gasteiger partial charge in [0.05, 0.1) is 11.9 Å². The van der Waals surface area contributed by atoms with Crippen LogP contribution in [0.5, 0.6) is 0 Å². The molecule has 1 fully saturated rings. The molecule has 1 N–H and O–H groups in total. The van der Waals surface area contributed by atoms with Gasteiger partial charge in [-0.3, -0.25) is 9.59 Å². The van der Waals surface area contributed by atoms with Crippen LogP contribution in [0.25, 0.3) is 0 Å². The Morgan fingerprint density at radius 3 is 2.33 bits per heavy atom. The summed E-state index contributed by atoms with van der Waals surface area (Å²) in [6, 6.07) is 0. The van der Waals surface area contributed by atoms with Crippen LogP contribution < -0.4 is 0 Å². The predicted octanol–water partition coefficient (Wildman–Crippen LogP) is 4.84. The van der Waals surface area contributed by atoms with Crippen molar-refractivity contribution in [3.05, 3.63) is 0 Å². The number of halogens is 4. The molecule has 0 radical (unpaired) electrons. The molecule has 2 atom stereocenters. The lowest BCUT2D eigenvalue weighted by Crippen LogP contribution is -2.18. The molecule has 0 aliphatic carbocycles. The zero-order valence-electron chi connectivity index (χ0n) is 12.3. The smallest absolute Gasteiger partial charge is 0.306 e. The van der Waals surface area contributed by atoms with Crippen LogP contribution in [-0.2, 0) is 14.3 Å². The number of alkyl halides is 3. The van der Waals surface area contributed by atoms with Crippen molar-refractivity contribution in [2.75, 3.05) is 17.3 Å². The number of hydrogen-bond donors (Lipinski definition) is 1. The number of carboxylic acid groups (broad SMARTS) is 1. The zero-order valence-corrected chi connectivity index (χ0v) is 17.1. The topological polar surface area (TPSA) is 63.6 Å². The highest BCUT2D eigenvalue weighted by Crippen LogP contribution is 2.13. The molecule has 0 amide bonds. The molecule has 0 spiro atoms. The van der Waals surface area contributed by atoms with Gasteiger partial charge in [-0.25, -0.2) is 0 Å². The van der Waals surface area contributed by atoms with Crippen molar-refractivity contribution in [1.82, 2.24) is 0 Å². The molecule has 0 bridgehead atoms. The number of rotatable bonds is 4. The summed E-state index contributed by atoms with van der Waals surface area (Å²) in [5.41, 5.74) is 0. The third kappa shape index (κ3) is 22.9. The summed E-state index contributed by atoms with van der Waals surface area (Å²) in [6.45, 7) is 4.63. The van der Waals surface area contributed by atoms with Gasteiger partial charge in [-0.15, -0.1) is 40.2 Å². The predicted molar refractivity (Wildman–Crippen MR) is 96.1 cm³/mol. The van der Waals surface area contributed by atoms with Gasteiger partial charge in [-0.1, -0.05) is 29.8 Å². The van der Waals surface area contributed by atoms with Crippen LogP contribution in [0, 0.1) is 11.8 Å². The molecular weight excluding hydrogens is 451 g/mol. The van der Waals surface area contributed by atoms with Crippen molar-refractivity contribution in [2.24, 2.45) is 11.8 Å². The molecule has 0 aromatic carbocycles. The van der Waals surface area contributed by atoms with Gasteiger partial charge < -0.3 is 9.84 Å². The van der Waals surface area contributed by atoms with Gasteiger partial charge in [0.1, 0.15) is 0 Å². The van der Waals surface area contributed by atoms with Crippen LogP contribution in [0.3, 0.4) is 0 Å². The maximum absolute atomic E-state index is 10.5. The van der Waals surface area contributed by atoms with Crippen LogP contribution in [0.1, 0.15) is 39.5 Å². The van der Waals surface area contributed by atoms with Crippen molar-refractivity contribution in [1.29, 1.82) is 0 Å². The summed E-state index contributed by atoms with van der Waals surface area (Å²) in [4.78, 5) is 20.5. The first-order chi connectivity index (χ1) is 9.37. The molecular formula is C13H24Br2Cl2O4. The second-order valence-corrected chi connectivity index (χ2v) is 6.20. The highest BCUT2D eigenvalue weighted by Gasteiger charge is 2.15. The van der Waals surface area contributed by atoms with Crippen molar-refractivity contribution < 1.29 is 19.4 Å². The van der Waals surface area contributed by atoms with Gasteiger partial charge in [0.25, 0.3) is 0 Å². The minimum Gasteiger partial charge on any atom is -0.481 e. The average Bonchev–Trinajstić information content (AvgIpc) is 2.29. The van der Waals surface area contributed by atoms with E-state index in [2.05, 4.69) is 22.9 Å². The molecule has 21 heavy (non-hydrogen) atoms. The van der Waals surface area contributed by atoms with E-state index in [9.17, 15) is 9.59 Å². The van der Waals surface area contributed by atoms with Crippen LogP contribution in [0.4, 0.5) is 0 Å². The first-order valence-corrected chi connectivity index (χ1v) is 8.61. The lowest BCUT2D eigenvalue weighted by atomic mass is 10.0. The van der Waals surface area contributed by atoms with Gasteiger partial charge in [0.2, 0.25) is 0 Å². The molecule has 128 valence electrons. The van der Waals surface area contributed by atoms with Gasteiger partial charge in [0.15, 0.2) is 0 Å². The van der Waals surface area contributed by atoms with Gasteiger partial charge in [-0.05, 0) is 24.7 Å². The second kappa shape index (κ2) is 18.5. The zero-order chi connectivity index (χ0) is 16.0. The Hall–Kier alpha value is 0.480. The fourth-order valence-corrected chi connectivity index (χ4v) is 2.19. The van der Waals surface area contributed by atoms with E-state index in [0.29, 0.717) is 24.9 Å². The fourth-order valence-electron chi connectivity index (χ4n) is 1.41. The third-order valence-electron chi connectivity index (χ3n) is 2.51. The second-order valence-electron chi connectivity index (χ2n) is 4.60. The van der Waals surface area contributed by atoms with E-state index in [-0.39, 0.29) is 34.7 Å². The van der Waals surface area contributed by atoms with E-state index in [4.69, 9.17) is 33.0 Å². The number of hydrogen-bond acceptors (Lipinski definition) is 3. The monoisotopic (exact) mass is 472 g/mol. The Balaban J connectivity index is -0.000000251. The van der Waals surface area contributed by atoms with E-state index >= 15 is 0 Å². The van der Waals surface area contributed by atoms with Gasteiger partial charge in [-0.2, -0.15) is 0 Å². The van der Waals surface area contributed by atoms with E-state index in [1.807, 2.05) is 6.92 Å². The molecule has 1 aliphatic rings. The number of carbonyl (C=O) groups is 2.